The van der Waals surface area contributed by atoms with E-state index in [1.54, 1.807) is 18.3 Å². The summed E-state index contributed by atoms with van der Waals surface area (Å²) in [4.78, 5) is 19.2. The number of nitrogens with one attached hydrogen (secondary N) is 2. The van der Waals surface area contributed by atoms with Gasteiger partial charge < -0.3 is 4.74 Å². The number of unbranched alkanes of at least 4 members (excludes halogenated alkanes) is 1. The van der Waals surface area contributed by atoms with Gasteiger partial charge in [-0.25, -0.2) is 10.4 Å². The highest BCUT2D eigenvalue weighted by Crippen LogP contribution is 2.19. The number of H-pyrrole nitrogens is 1. The second-order valence-corrected chi connectivity index (χ2v) is 6.59. The molecule has 0 fully saturated rings. The Labute approximate surface area is 175 Å². The minimum atomic E-state index is -0.520. The van der Waals surface area contributed by atoms with Gasteiger partial charge >= 0.3 is 0 Å². The third-order valence-corrected chi connectivity index (χ3v) is 4.41. The summed E-state index contributed by atoms with van der Waals surface area (Å²) in [5.41, 5.74) is 5.11. The molecule has 0 radical (unpaired) electrons. The topological polar surface area (TPSA) is 103 Å². The van der Waals surface area contributed by atoms with Crippen molar-refractivity contribution in [2.45, 2.75) is 26.4 Å². The number of hydrogen-bond acceptors (Lipinski definition) is 6. The normalized spacial score (nSPS) is 10.8. The molecular weight excluding hydrogens is 378 g/mol. The van der Waals surface area contributed by atoms with Crippen molar-refractivity contribution in [2.75, 3.05) is 12.0 Å². The van der Waals surface area contributed by atoms with E-state index in [-0.39, 0.29) is 11.5 Å². The number of aromatic amines is 1. The van der Waals surface area contributed by atoms with Gasteiger partial charge in [0.1, 0.15) is 11.6 Å². The Morgan fingerprint density at radius 2 is 1.97 bits per heavy atom. The van der Waals surface area contributed by atoms with Gasteiger partial charge in [-0.2, -0.15) is 10.4 Å². The van der Waals surface area contributed by atoms with Crippen molar-refractivity contribution < 1.29 is 4.74 Å². The van der Waals surface area contributed by atoms with Crippen LogP contribution in [0.5, 0.6) is 0 Å². The molecule has 0 aliphatic carbocycles. The second kappa shape index (κ2) is 10.7. The van der Waals surface area contributed by atoms with E-state index in [4.69, 9.17) is 4.74 Å². The summed E-state index contributed by atoms with van der Waals surface area (Å²) in [6, 6.07) is 18.8. The van der Waals surface area contributed by atoms with Gasteiger partial charge in [0.25, 0.3) is 5.56 Å². The van der Waals surface area contributed by atoms with Crippen LogP contribution in [0.15, 0.2) is 64.5 Å². The van der Waals surface area contributed by atoms with Gasteiger partial charge in [-0.05, 0) is 12.0 Å². The van der Waals surface area contributed by atoms with Crippen molar-refractivity contribution in [1.82, 2.24) is 9.97 Å². The van der Waals surface area contributed by atoms with Crippen molar-refractivity contribution in [3.63, 3.8) is 0 Å². The lowest BCUT2D eigenvalue weighted by atomic mass is 10.1. The van der Waals surface area contributed by atoms with E-state index in [9.17, 15) is 10.1 Å². The molecule has 0 unspecified atom stereocenters. The molecule has 0 aliphatic heterocycles. The molecule has 0 saturated carbocycles. The number of nitrogens with zero attached hydrogens (tertiary/aromatic N) is 3. The van der Waals surface area contributed by atoms with Gasteiger partial charge in [0, 0.05) is 17.7 Å². The summed E-state index contributed by atoms with van der Waals surface area (Å²) >= 11 is 0. The third-order valence-electron chi connectivity index (χ3n) is 4.41. The van der Waals surface area contributed by atoms with E-state index in [2.05, 4.69) is 27.4 Å². The predicted octanol–water partition coefficient (Wildman–Crippen LogP) is 4.07. The van der Waals surface area contributed by atoms with Crippen molar-refractivity contribution in [1.29, 1.82) is 5.26 Å². The van der Waals surface area contributed by atoms with E-state index in [1.165, 1.54) is 0 Å². The largest absolute Gasteiger partial charge is 0.377 e. The van der Waals surface area contributed by atoms with Crippen molar-refractivity contribution in [3.8, 4) is 17.3 Å². The van der Waals surface area contributed by atoms with Gasteiger partial charge in [-0.3, -0.25) is 9.78 Å². The highest BCUT2D eigenvalue weighted by molar-refractivity contribution is 5.82. The number of hydrazone groups is 1. The molecule has 2 N–H and O–H groups in total. The van der Waals surface area contributed by atoms with Crippen LogP contribution < -0.4 is 11.0 Å². The average Bonchev–Trinajstić information content (AvgIpc) is 2.78. The Morgan fingerprint density at radius 1 is 1.20 bits per heavy atom. The first kappa shape index (κ1) is 21.0. The van der Waals surface area contributed by atoms with Crippen molar-refractivity contribution in [3.05, 3.63) is 81.6 Å². The van der Waals surface area contributed by atoms with Gasteiger partial charge in [-0.1, -0.05) is 67.9 Å². The van der Waals surface area contributed by atoms with Crippen molar-refractivity contribution in [2.24, 2.45) is 5.10 Å². The molecule has 0 amide bonds. The van der Waals surface area contributed by atoms with E-state index in [0.29, 0.717) is 17.9 Å². The number of rotatable bonds is 9. The predicted molar refractivity (Wildman–Crippen MR) is 117 cm³/mol. The Balaban J connectivity index is 1.78. The second-order valence-electron chi connectivity index (χ2n) is 6.59. The first-order valence-electron chi connectivity index (χ1n) is 9.77. The van der Waals surface area contributed by atoms with Crippen LogP contribution in [0.2, 0.25) is 0 Å². The Kier molecular flexibility index (Phi) is 7.47. The highest BCUT2D eigenvalue weighted by atomic mass is 16.5. The molecule has 152 valence electrons. The molecule has 7 heteroatoms. The van der Waals surface area contributed by atoms with Crippen molar-refractivity contribution >= 4 is 12.2 Å². The van der Waals surface area contributed by atoms with Crippen LogP contribution in [0.1, 0.15) is 36.5 Å². The number of hydrogen-bond donors (Lipinski definition) is 2. The molecule has 0 spiro atoms. The van der Waals surface area contributed by atoms with Gasteiger partial charge in [0.05, 0.1) is 18.5 Å². The molecule has 30 heavy (non-hydrogen) atoms. The highest BCUT2D eigenvalue weighted by Gasteiger charge is 2.12. The van der Waals surface area contributed by atoms with Crippen LogP contribution in [-0.2, 0) is 11.3 Å². The maximum Gasteiger partial charge on any atom is 0.270 e. The molecule has 0 aliphatic rings. The van der Waals surface area contributed by atoms with E-state index in [1.807, 2.05) is 48.5 Å². The standard InChI is InChI=1S/C23H23N5O2/c1-2-3-13-30-16-19-12-8-7-11-18(19)15-25-28-23-26-21(17-9-5-4-6-10-17)20(14-24)22(29)27-23/h4-12,15H,2-3,13,16H2,1H3,(H2,26,27,28,29). The molecule has 1 heterocycles. The Bertz CT molecular complexity index is 1100. The van der Waals surface area contributed by atoms with Crippen LogP contribution in [0, 0.1) is 11.3 Å². The monoisotopic (exact) mass is 401 g/mol. The fourth-order valence-electron chi connectivity index (χ4n) is 2.82. The fraction of sp³-hybridized carbons (Fsp3) is 0.217. The summed E-state index contributed by atoms with van der Waals surface area (Å²) in [7, 11) is 0. The van der Waals surface area contributed by atoms with Crippen LogP contribution in [-0.4, -0.2) is 22.8 Å². The van der Waals surface area contributed by atoms with Gasteiger partial charge in [0.15, 0.2) is 0 Å². The molecule has 0 bridgehead atoms. The molecule has 3 aromatic rings. The molecule has 7 nitrogen and oxygen atoms in total. The van der Waals surface area contributed by atoms with E-state index >= 15 is 0 Å². The number of anilines is 1. The zero-order valence-corrected chi connectivity index (χ0v) is 16.8. The summed E-state index contributed by atoms with van der Waals surface area (Å²) in [5.74, 6) is 0.158. The van der Waals surface area contributed by atoms with E-state index in [0.717, 1.165) is 30.6 Å². The van der Waals surface area contributed by atoms with Crippen LogP contribution in [0.3, 0.4) is 0 Å². The summed E-state index contributed by atoms with van der Waals surface area (Å²) in [6.07, 6.45) is 3.77. The lowest BCUT2D eigenvalue weighted by Gasteiger charge is -2.07. The number of benzene rings is 2. The zero-order valence-electron chi connectivity index (χ0n) is 16.8. The average molecular weight is 401 g/mol. The quantitative estimate of drug-likeness (QED) is 0.320. The van der Waals surface area contributed by atoms with E-state index < -0.39 is 5.56 Å². The van der Waals surface area contributed by atoms with Gasteiger partial charge in [0.2, 0.25) is 5.95 Å². The first-order chi connectivity index (χ1) is 14.7. The molecular formula is C23H23N5O2. The molecule has 0 atom stereocenters. The lowest BCUT2D eigenvalue weighted by Crippen LogP contribution is -2.16. The lowest BCUT2D eigenvalue weighted by molar-refractivity contribution is 0.118. The summed E-state index contributed by atoms with van der Waals surface area (Å²) < 4.78 is 5.70. The first-order valence-corrected chi connectivity index (χ1v) is 9.77. The summed E-state index contributed by atoms with van der Waals surface area (Å²) in [5, 5.41) is 13.5. The third kappa shape index (κ3) is 5.40. The number of nitriles is 1. The fourth-order valence-corrected chi connectivity index (χ4v) is 2.82. The molecule has 1 aromatic heterocycles. The molecule has 0 saturated heterocycles. The van der Waals surface area contributed by atoms with Gasteiger partial charge in [-0.15, -0.1) is 0 Å². The van der Waals surface area contributed by atoms with Crippen LogP contribution >= 0.6 is 0 Å². The Hall–Kier alpha value is -3.76. The molecule has 3 rings (SSSR count). The maximum atomic E-state index is 12.3. The minimum Gasteiger partial charge on any atom is -0.377 e. The zero-order chi connectivity index (χ0) is 21.2. The Morgan fingerprint density at radius 3 is 2.73 bits per heavy atom. The number of aromatic nitrogens is 2. The minimum absolute atomic E-state index is 0.0368. The maximum absolute atomic E-state index is 12.3. The SMILES string of the molecule is CCCCOCc1ccccc1C=NNc1nc(-c2ccccc2)c(C#N)c(=O)[nH]1. The van der Waals surface area contributed by atoms with Crippen LogP contribution in [0.4, 0.5) is 5.95 Å². The van der Waals surface area contributed by atoms with Crippen LogP contribution in [0.25, 0.3) is 11.3 Å². The summed E-state index contributed by atoms with van der Waals surface area (Å²) in [6.45, 7) is 3.35. The number of ether oxygens (including phenoxy) is 1. The molecule has 2 aromatic carbocycles. The smallest absolute Gasteiger partial charge is 0.270 e.